The van der Waals surface area contributed by atoms with Crippen molar-refractivity contribution in [3.8, 4) is 5.75 Å². The molecule has 2 rings (SSSR count). The maximum Gasteiger partial charge on any atom is 0.225 e. The number of carbonyl (C=O) groups is 1. The number of sulfone groups is 1. The van der Waals surface area contributed by atoms with Gasteiger partial charge < -0.3 is 15.0 Å². The highest BCUT2D eigenvalue weighted by Gasteiger charge is 2.16. The van der Waals surface area contributed by atoms with Crippen molar-refractivity contribution >= 4 is 21.4 Å². The van der Waals surface area contributed by atoms with Crippen LogP contribution in [0.3, 0.4) is 0 Å². The largest absolute Gasteiger partial charge is 0.494 e. The molecule has 28 heavy (non-hydrogen) atoms. The number of nitrogens with one attached hydrogen (secondary N) is 1. The number of carbonyl (C=O) groups excluding carboxylic acids is 1. The van der Waals surface area contributed by atoms with E-state index in [1.165, 1.54) is 0 Å². The van der Waals surface area contributed by atoms with Crippen LogP contribution in [0.1, 0.15) is 18.4 Å². The second-order valence-electron chi connectivity index (χ2n) is 6.96. The minimum absolute atomic E-state index is 0.0982. The van der Waals surface area contributed by atoms with Gasteiger partial charge in [0.2, 0.25) is 5.91 Å². The fraction of sp³-hybridized carbons (Fsp3) is 0.381. The Bertz CT molecular complexity index is 860. The average molecular weight is 405 g/mol. The first kappa shape index (κ1) is 21.9. The summed E-state index contributed by atoms with van der Waals surface area (Å²) in [6.45, 7) is 3.48. The molecule has 0 aliphatic heterocycles. The average Bonchev–Trinajstić information content (AvgIpc) is 2.65. The molecule has 2 aromatic rings. The number of hydrogen-bond acceptors (Lipinski definition) is 5. The first-order valence-electron chi connectivity index (χ1n) is 9.23. The molecule has 0 bridgehead atoms. The number of aryl methyl sites for hydroxylation is 1. The molecule has 0 aliphatic carbocycles. The van der Waals surface area contributed by atoms with E-state index in [1.807, 2.05) is 21.0 Å². The lowest BCUT2D eigenvalue weighted by Gasteiger charge is -2.11. The lowest BCUT2D eigenvalue weighted by atomic mass is 10.2. The predicted molar refractivity (Wildman–Crippen MR) is 112 cm³/mol. The van der Waals surface area contributed by atoms with Crippen molar-refractivity contribution in [2.45, 2.75) is 24.7 Å². The van der Waals surface area contributed by atoms with Crippen molar-refractivity contribution in [1.82, 2.24) is 4.90 Å². The third-order valence-electron chi connectivity index (χ3n) is 4.13. The molecule has 0 saturated heterocycles. The smallest absolute Gasteiger partial charge is 0.225 e. The van der Waals surface area contributed by atoms with Gasteiger partial charge >= 0.3 is 0 Å². The number of ether oxygens (including phenoxy) is 1. The molecule has 0 unspecified atom stereocenters. The molecule has 1 amide bonds. The molecule has 0 saturated carbocycles. The SMILES string of the molecule is Cc1ccc(S(=O)(=O)CCC(=O)Nc2ccc(OCCCN(C)C)cc2)cc1. The Kier molecular flexibility index (Phi) is 8.02. The molecule has 0 aliphatic rings. The van der Waals surface area contributed by atoms with Crippen molar-refractivity contribution in [3.05, 3.63) is 54.1 Å². The number of benzene rings is 2. The summed E-state index contributed by atoms with van der Waals surface area (Å²) in [5, 5.41) is 2.72. The van der Waals surface area contributed by atoms with Crippen molar-refractivity contribution in [1.29, 1.82) is 0 Å². The van der Waals surface area contributed by atoms with Crippen LogP contribution >= 0.6 is 0 Å². The zero-order chi connectivity index (χ0) is 20.6. The van der Waals surface area contributed by atoms with Crippen molar-refractivity contribution in [3.63, 3.8) is 0 Å². The fourth-order valence-corrected chi connectivity index (χ4v) is 3.76. The van der Waals surface area contributed by atoms with Gasteiger partial charge in [-0.2, -0.15) is 0 Å². The van der Waals surface area contributed by atoms with Crippen molar-refractivity contribution < 1.29 is 17.9 Å². The second-order valence-corrected chi connectivity index (χ2v) is 9.07. The molecule has 0 aromatic heterocycles. The quantitative estimate of drug-likeness (QED) is 0.616. The van der Waals surface area contributed by atoms with Crippen LogP contribution in [0.4, 0.5) is 5.69 Å². The highest BCUT2D eigenvalue weighted by atomic mass is 32.2. The van der Waals surface area contributed by atoms with E-state index < -0.39 is 9.84 Å². The standard InChI is InChI=1S/C21H28N2O4S/c1-17-5-11-20(12-6-17)28(25,26)16-13-21(24)22-18-7-9-19(10-8-18)27-15-4-14-23(2)3/h5-12H,4,13-16H2,1-3H3,(H,22,24). The molecule has 0 atom stereocenters. The number of hydrogen-bond donors (Lipinski definition) is 1. The lowest BCUT2D eigenvalue weighted by Crippen LogP contribution is -2.17. The lowest BCUT2D eigenvalue weighted by molar-refractivity contribution is -0.115. The van der Waals surface area contributed by atoms with Crippen LogP contribution in [0.15, 0.2) is 53.4 Å². The summed E-state index contributed by atoms with van der Waals surface area (Å²) in [5.41, 5.74) is 1.60. The molecular formula is C21H28N2O4S. The topological polar surface area (TPSA) is 75.7 Å². The molecule has 7 heteroatoms. The van der Waals surface area contributed by atoms with Crippen LogP contribution in [-0.2, 0) is 14.6 Å². The van der Waals surface area contributed by atoms with Crippen LogP contribution in [0.5, 0.6) is 5.75 Å². The minimum Gasteiger partial charge on any atom is -0.494 e. The molecular weight excluding hydrogens is 376 g/mol. The van der Waals surface area contributed by atoms with Crippen molar-refractivity contribution in [2.75, 3.05) is 38.3 Å². The van der Waals surface area contributed by atoms with Gasteiger partial charge in [0.05, 0.1) is 17.3 Å². The molecule has 6 nitrogen and oxygen atoms in total. The highest BCUT2D eigenvalue weighted by Crippen LogP contribution is 2.17. The Morgan fingerprint density at radius 1 is 1.04 bits per heavy atom. The number of rotatable bonds is 10. The normalized spacial score (nSPS) is 11.4. The zero-order valence-electron chi connectivity index (χ0n) is 16.6. The number of nitrogens with zero attached hydrogens (tertiary/aromatic N) is 1. The third kappa shape index (κ3) is 7.32. The maximum atomic E-state index is 12.3. The van der Waals surface area contributed by atoms with Gasteiger partial charge in [0.1, 0.15) is 5.75 Å². The van der Waals surface area contributed by atoms with Crippen LogP contribution in [0.25, 0.3) is 0 Å². The summed E-state index contributed by atoms with van der Waals surface area (Å²) >= 11 is 0. The first-order chi connectivity index (χ1) is 13.3. The molecule has 1 N–H and O–H groups in total. The van der Waals surface area contributed by atoms with Crippen LogP contribution in [0.2, 0.25) is 0 Å². The van der Waals surface area contributed by atoms with E-state index >= 15 is 0 Å². The summed E-state index contributed by atoms with van der Waals surface area (Å²) in [6.07, 6.45) is 0.833. The summed E-state index contributed by atoms with van der Waals surface area (Å²) in [4.78, 5) is 14.4. The van der Waals surface area contributed by atoms with E-state index in [9.17, 15) is 13.2 Å². The van der Waals surface area contributed by atoms with E-state index in [0.717, 1.165) is 24.3 Å². The monoisotopic (exact) mass is 404 g/mol. The predicted octanol–water partition coefficient (Wildman–Crippen LogP) is 3.13. The minimum atomic E-state index is -3.47. The molecule has 0 radical (unpaired) electrons. The van der Waals surface area contributed by atoms with Gasteiger partial charge in [-0.15, -0.1) is 0 Å². The van der Waals surface area contributed by atoms with Gasteiger partial charge in [-0.05, 0) is 63.8 Å². The van der Waals surface area contributed by atoms with E-state index in [4.69, 9.17) is 4.74 Å². The Labute approximate surface area is 167 Å². The molecule has 0 spiro atoms. The summed E-state index contributed by atoms with van der Waals surface area (Å²) in [5.74, 6) is 0.170. The fourth-order valence-electron chi connectivity index (χ4n) is 2.52. The van der Waals surface area contributed by atoms with Crippen LogP contribution in [-0.4, -0.2) is 52.2 Å². The van der Waals surface area contributed by atoms with Gasteiger partial charge in [-0.1, -0.05) is 17.7 Å². The van der Waals surface area contributed by atoms with Crippen molar-refractivity contribution in [2.24, 2.45) is 0 Å². The third-order valence-corrected chi connectivity index (χ3v) is 5.87. The summed E-state index contributed by atoms with van der Waals surface area (Å²) in [6, 6.07) is 13.7. The molecule has 0 fully saturated rings. The number of amides is 1. The first-order valence-corrected chi connectivity index (χ1v) is 10.9. The van der Waals surface area contributed by atoms with E-state index in [0.29, 0.717) is 12.3 Å². The molecule has 2 aromatic carbocycles. The molecule has 152 valence electrons. The van der Waals surface area contributed by atoms with E-state index in [2.05, 4.69) is 10.2 Å². The number of anilines is 1. The van der Waals surface area contributed by atoms with Gasteiger partial charge in [-0.25, -0.2) is 8.42 Å². The Morgan fingerprint density at radius 3 is 2.29 bits per heavy atom. The Balaban J connectivity index is 1.80. The Hall–Kier alpha value is -2.38. The second kappa shape index (κ2) is 10.2. The Morgan fingerprint density at radius 2 is 1.68 bits per heavy atom. The maximum absolute atomic E-state index is 12.3. The van der Waals surface area contributed by atoms with Crippen LogP contribution < -0.4 is 10.1 Å². The zero-order valence-corrected chi connectivity index (χ0v) is 17.5. The van der Waals surface area contributed by atoms with Crippen LogP contribution in [0, 0.1) is 6.92 Å². The van der Waals surface area contributed by atoms with Gasteiger partial charge in [0, 0.05) is 18.7 Å². The van der Waals surface area contributed by atoms with Gasteiger partial charge in [0.25, 0.3) is 0 Å². The summed E-state index contributed by atoms with van der Waals surface area (Å²) < 4.78 is 30.3. The van der Waals surface area contributed by atoms with Gasteiger partial charge in [0.15, 0.2) is 9.84 Å². The van der Waals surface area contributed by atoms with E-state index in [1.54, 1.807) is 48.5 Å². The van der Waals surface area contributed by atoms with Gasteiger partial charge in [-0.3, -0.25) is 4.79 Å². The van der Waals surface area contributed by atoms with E-state index in [-0.39, 0.29) is 23.0 Å². The molecule has 0 heterocycles. The summed E-state index contributed by atoms with van der Waals surface area (Å²) in [7, 11) is 0.560. The highest BCUT2D eigenvalue weighted by molar-refractivity contribution is 7.91.